The molecule has 0 bridgehead atoms. The van der Waals surface area contributed by atoms with Crippen molar-refractivity contribution in [3.05, 3.63) is 82.6 Å². The molecule has 1 saturated heterocycles. The first kappa shape index (κ1) is 25.4. The number of allylic oxidation sites excluding steroid dienone is 1. The summed E-state index contributed by atoms with van der Waals surface area (Å²) in [6.07, 6.45) is 4.09. The molecule has 1 N–H and O–H groups in total. The first-order valence-corrected chi connectivity index (χ1v) is 12.9. The molecule has 5 rings (SSSR count). The van der Waals surface area contributed by atoms with Crippen LogP contribution in [0, 0.1) is 0 Å². The second-order valence-corrected chi connectivity index (χ2v) is 10.8. The highest BCUT2D eigenvalue weighted by Crippen LogP contribution is 2.49. The Kier molecular flexibility index (Phi) is 6.54. The molecule has 0 radical (unpaired) electrons. The number of ether oxygens (including phenoxy) is 2. The molecule has 6 nitrogen and oxygen atoms in total. The molecule has 0 aliphatic carbocycles. The zero-order valence-electron chi connectivity index (χ0n) is 21.9. The third kappa shape index (κ3) is 4.30. The fraction of sp³-hybridized carbons (Fsp3) is 0.310. The summed E-state index contributed by atoms with van der Waals surface area (Å²) < 4.78 is 11.2. The zero-order chi connectivity index (χ0) is 26.5. The van der Waals surface area contributed by atoms with E-state index in [0.29, 0.717) is 21.6 Å². The summed E-state index contributed by atoms with van der Waals surface area (Å²) >= 11 is 13.0. The largest absolute Gasteiger partial charge is 0.497 e. The number of thiocarbonyl (C=S) groups is 1. The summed E-state index contributed by atoms with van der Waals surface area (Å²) in [5, 5.41) is 4.76. The van der Waals surface area contributed by atoms with Gasteiger partial charge in [0, 0.05) is 35.6 Å². The number of rotatable bonds is 5. The third-order valence-corrected chi connectivity index (χ3v) is 8.04. The lowest BCUT2D eigenvalue weighted by Crippen LogP contribution is -2.42. The number of anilines is 2. The lowest BCUT2D eigenvalue weighted by molar-refractivity contribution is 0.394. The summed E-state index contributed by atoms with van der Waals surface area (Å²) in [5.74, 6) is 1.36. The number of nitrogens with one attached hydrogen (secondary N) is 1. The van der Waals surface area contributed by atoms with Crippen LogP contribution in [0.15, 0.2) is 60.8 Å². The normalized spacial score (nSPS) is 20.3. The summed E-state index contributed by atoms with van der Waals surface area (Å²) in [6.45, 7) is 6.56. The number of hydrogen-bond donors (Lipinski definition) is 1. The van der Waals surface area contributed by atoms with Gasteiger partial charge in [-0.3, -0.25) is 4.98 Å². The van der Waals surface area contributed by atoms with Gasteiger partial charge in [-0.25, -0.2) is 0 Å². The molecule has 0 saturated carbocycles. The van der Waals surface area contributed by atoms with Gasteiger partial charge in [-0.1, -0.05) is 23.7 Å². The fourth-order valence-corrected chi connectivity index (χ4v) is 5.94. The fourth-order valence-electron chi connectivity index (χ4n) is 5.33. The molecule has 3 heterocycles. The van der Waals surface area contributed by atoms with Crippen LogP contribution in [0.2, 0.25) is 5.02 Å². The number of benzene rings is 2. The van der Waals surface area contributed by atoms with E-state index in [4.69, 9.17) is 33.3 Å². The molecule has 2 aliphatic rings. The van der Waals surface area contributed by atoms with Crippen molar-refractivity contribution in [2.75, 3.05) is 31.1 Å². The van der Waals surface area contributed by atoms with Gasteiger partial charge in [0.25, 0.3) is 0 Å². The summed E-state index contributed by atoms with van der Waals surface area (Å²) in [4.78, 5) is 9.02. The maximum atomic E-state index is 7.11. The lowest BCUT2D eigenvalue weighted by Gasteiger charge is -2.41. The molecule has 2 aliphatic heterocycles. The molecule has 2 aromatic carbocycles. The molecule has 192 valence electrons. The van der Waals surface area contributed by atoms with Gasteiger partial charge < -0.3 is 24.6 Å². The second kappa shape index (κ2) is 9.54. The number of fused-ring (bicyclic) bond motifs is 1. The van der Waals surface area contributed by atoms with Crippen molar-refractivity contribution in [3.63, 3.8) is 0 Å². The average Bonchev–Trinajstić information content (AvgIpc) is 3.23. The Morgan fingerprint density at radius 2 is 1.84 bits per heavy atom. The number of halogens is 1. The standard InChI is InChI=1S/C29H31ClN4O2S/c1-17-16-29(2,3)33(4)24-15-21(30)20(14-19(17)24)27-26(22-9-7-8-12-31-22)32-28(37)34(27)23-11-10-18(35-5)13-25(23)36-6/h7-16,26-27H,1-6H3,(H,32,37)/t26-,27-/m1/s1. The SMILES string of the molecule is COc1ccc(N2C(=S)N[C@H](c3ccccn3)[C@H]2c2cc3c(cc2Cl)N(C)C(C)(C)C=C3C)c(OC)c1. The highest BCUT2D eigenvalue weighted by molar-refractivity contribution is 7.80. The van der Waals surface area contributed by atoms with Gasteiger partial charge in [0.15, 0.2) is 5.11 Å². The Balaban J connectivity index is 1.72. The van der Waals surface area contributed by atoms with Crippen LogP contribution in [0.3, 0.4) is 0 Å². The first-order valence-electron chi connectivity index (χ1n) is 12.2. The Hall–Kier alpha value is -3.29. The van der Waals surface area contributed by atoms with Gasteiger partial charge in [0.2, 0.25) is 0 Å². The number of methoxy groups -OCH3 is 2. The minimum atomic E-state index is -0.268. The topological polar surface area (TPSA) is 49.9 Å². The molecule has 1 aromatic heterocycles. The van der Waals surface area contributed by atoms with Crippen molar-refractivity contribution >= 4 is 45.9 Å². The molecule has 1 fully saturated rings. The minimum Gasteiger partial charge on any atom is -0.497 e. The third-order valence-electron chi connectivity index (χ3n) is 7.40. The molecule has 37 heavy (non-hydrogen) atoms. The van der Waals surface area contributed by atoms with E-state index in [1.165, 1.54) is 5.57 Å². The summed E-state index contributed by atoms with van der Waals surface area (Å²) in [7, 11) is 5.39. The van der Waals surface area contributed by atoms with Crippen molar-refractivity contribution in [3.8, 4) is 11.5 Å². The van der Waals surface area contributed by atoms with Crippen LogP contribution in [-0.2, 0) is 0 Å². The van der Waals surface area contributed by atoms with Gasteiger partial charge in [-0.2, -0.15) is 0 Å². The molecule has 0 amide bonds. The van der Waals surface area contributed by atoms with Crippen molar-refractivity contribution in [1.29, 1.82) is 0 Å². The van der Waals surface area contributed by atoms with Gasteiger partial charge in [0.05, 0.1) is 43.2 Å². The number of nitrogens with zero attached hydrogens (tertiary/aromatic N) is 3. The predicted octanol–water partition coefficient (Wildman–Crippen LogP) is 6.56. The van der Waals surface area contributed by atoms with E-state index in [0.717, 1.165) is 28.2 Å². The maximum absolute atomic E-state index is 7.11. The highest BCUT2D eigenvalue weighted by Gasteiger charge is 2.43. The summed E-state index contributed by atoms with van der Waals surface area (Å²) in [6, 6.07) is 15.4. The van der Waals surface area contributed by atoms with Gasteiger partial charge in [0.1, 0.15) is 11.5 Å². The monoisotopic (exact) mass is 534 g/mol. The average molecular weight is 535 g/mol. The highest BCUT2D eigenvalue weighted by atomic mass is 35.5. The number of pyridine rings is 1. The molecular formula is C29H31ClN4O2S. The lowest BCUT2D eigenvalue weighted by atomic mass is 9.86. The van der Waals surface area contributed by atoms with E-state index in [1.54, 1.807) is 20.4 Å². The van der Waals surface area contributed by atoms with E-state index in [9.17, 15) is 0 Å². The van der Waals surface area contributed by atoms with Crippen LogP contribution in [-0.4, -0.2) is 36.9 Å². The Labute approximate surface area is 228 Å². The van der Waals surface area contributed by atoms with E-state index in [-0.39, 0.29) is 17.6 Å². The summed E-state index contributed by atoms with van der Waals surface area (Å²) in [5.41, 5.74) is 6.02. The van der Waals surface area contributed by atoms with Crippen LogP contribution >= 0.6 is 23.8 Å². The smallest absolute Gasteiger partial charge is 0.174 e. The van der Waals surface area contributed by atoms with Crippen LogP contribution in [0.1, 0.15) is 49.7 Å². The van der Waals surface area contributed by atoms with Crippen molar-refractivity contribution < 1.29 is 9.47 Å². The van der Waals surface area contributed by atoms with E-state index >= 15 is 0 Å². The van der Waals surface area contributed by atoms with Gasteiger partial charge in [-0.05, 0) is 80.5 Å². The van der Waals surface area contributed by atoms with Crippen LogP contribution in [0.4, 0.5) is 11.4 Å². The van der Waals surface area contributed by atoms with E-state index in [1.807, 2.05) is 36.4 Å². The number of hydrogen-bond acceptors (Lipinski definition) is 5. The molecule has 2 atom stereocenters. The van der Waals surface area contributed by atoms with Gasteiger partial charge in [-0.15, -0.1) is 0 Å². The molecular weight excluding hydrogens is 504 g/mol. The van der Waals surface area contributed by atoms with Crippen LogP contribution in [0.5, 0.6) is 11.5 Å². The minimum absolute atomic E-state index is 0.114. The maximum Gasteiger partial charge on any atom is 0.174 e. The van der Waals surface area contributed by atoms with E-state index < -0.39 is 0 Å². The van der Waals surface area contributed by atoms with Crippen LogP contribution < -0.4 is 24.6 Å². The zero-order valence-corrected chi connectivity index (χ0v) is 23.4. The Bertz CT molecular complexity index is 1390. The molecule has 3 aromatic rings. The molecule has 0 unspecified atom stereocenters. The van der Waals surface area contributed by atoms with Crippen molar-refractivity contribution in [1.82, 2.24) is 10.3 Å². The number of aromatic nitrogens is 1. The molecule has 8 heteroatoms. The first-order chi connectivity index (χ1) is 17.7. The van der Waals surface area contributed by atoms with Crippen LogP contribution in [0.25, 0.3) is 5.57 Å². The predicted molar refractivity (Wildman–Crippen MR) is 155 cm³/mol. The quantitative estimate of drug-likeness (QED) is 0.372. The van der Waals surface area contributed by atoms with Crippen molar-refractivity contribution in [2.45, 2.75) is 38.4 Å². The Morgan fingerprint density at radius 1 is 1.05 bits per heavy atom. The second-order valence-electron chi connectivity index (χ2n) is 9.97. The van der Waals surface area contributed by atoms with E-state index in [2.05, 4.69) is 66.1 Å². The van der Waals surface area contributed by atoms with Crippen molar-refractivity contribution in [2.24, 2.45) is 0 Å². The Morgan fingerprint density at radius 3 is 2.51 bits per heavy atom. The van der Waals surface area contributed by atoms with Gasteiger partial charge >= 0.3 is 0 Å². The molecule has 0 spiro atoms. The number of likely N-dealkylation sites (N-methyl/N-ethyl adjacent to an activating group) is 1.